The average molecular weight is 501 g/mol. The molecule has 182 valence electrons. The lowest BCUT2D eigenvalue weighted by Gasteiger charge is -2.36. The van der Waals surface area contributed by atoms with Gasteiger partial charge in [-0.15, -0.1) is 0 Å². The number of amides is 2. The summed E-state index contributed by atoms with van der Waals surface area (Å²) in [6.07, 6.45) is 2.42. The van der Waals surface area contributed by atoms with E-state index in [1.54, 1.807) is 23.1 Å². The van der Waals surface area contributed by atoms with E-state index in [0.29, 0.717) is 29.7 Å². The van der Waals surface area contributed by atoms with Crippen molar-refractivity contribution < 1.29 is 23.9 Å². The van der Waals surface area contributed by atoms with Gasteiger partial charge in [-0.05, 0) is 43.6 Å². The Balaban J connectivity index is 1.72. The van der Waals surface area contributed by atoms with Gasteiger partial charge in [-0.2, -0.15) is 0 Å². The normalized spacial score (nSPS) is 20.5. The summed E-state index contributed by atoms with van der Waals surface area (Å²) in [7, 11) is 0. The molecule has 2 amide bonds. The van der Waals surface area contributed by atoms with Crippen LogP contribution in [0.25, 0.3) is 0 Å². The summed E-state index contributed by atoms with van der Waals surface area (Å²) in [4.78, 5) is 40.9. The summed E-state index contributed by atoms with van der Waals surface area (Å²) < 4.78 is 10.6. The van der Waals surface area contributed by atoms with E-state index >= 15 is 0 Å². The van der Waals surface area contributed by atoms with Gasteiger partial charge in [-0.1, -0.05) is 29.3 Å². The molecule has 2 aliphatic rings. The van der Waals surface area contributed by atoms with Crippen LogP contribution in [0.4, 0.5) is 0 Å². The average Bonchev–Trinajstić information content (AvgIpc) is 3.32. The fourth-order valence-electron chi connectivity index (χ4n) is 3.96. The first kappa shape index (κ1) is 25.7. The smallest absolute Gasteiger partial charge is 0.303 e. The van der Waals surface area contributed by atoms with E-state index in [4.69, 9.17) is 32.7 Å². The van der Waals surface area contributed by atoms with Gasteiger partial charge in [0.05, 0.1) is 35.7 Å². The van der Waals surface area contributed by atoms with Crippen molar-refractivity contribution in [3.05, 3.63) is 33.8 Å². The predicted octanol–water partition coefficient (Wildman–Crippen LogP) is 1.71. The number of likely N-dealkylation sites (tertiary alicyclic amines) is 1. The molecule has 0 unspecified atom stereocenters. The zero-order chi connectivity index (χ0) is 23.8. The summed E-state index contributed by atoms with van der Waals surface area (Å²) in [6.45, 7) is 4.43. The number of carbonyl (C=O) groups excluding carboxylic acids is 3. The molecule has 2 saturated heterocycles. The molecule has 3 rings (SSSR count). The molecule has 0 radical (unpaired) electrons. The van der Waals surface area contributed by atoms with E-state index in [1.165, 1.54) is 11.9 Å². The molecule has 1 aromatic carbocycles. The van der Waals surface area contributed by atoms with Crippen molar-refractivity contribution in [1.29, 1.82) is 0 Å². The maximum absolute atomic E-state index is 13.3. The number of esters is 1. The van der Waals surface area contributed by atoms with E-state index in [9.17, 15) is 14.4 Å². The number of nitrogens with zero attached hydrogens (tertiary/aromatic N) is 3. The molecule has 1 N–H and O–H groups in total. The number of rotatable bonds is 5. The molecule has 0 aromatic heterocycles. The second-order valence-electron chi connectivity index (χ2n) is 8.16. The van der Waals surface area contributed by atoms with Crippen LogP contribution in [0.1, 0.15) is 25.3 Å². The number of carbonyl (C=O) groups is 3. The molecule has 2 aliphatic heterocycles. The maximum atomic E-state index is 13.3. The number of benzene rings is 1. The molecule has 2 fully saturated rings. The molecular formula is C22H30Cl2N4O5. The topological polar surface area (TPSA) is 91.4 Å². The van der Waals surface area contributed by atoms with E-state index in [-0.39, 0.29) is 38.3 Å². The second kappa shape index (κ2) is 12.5. The number of hydrogen-bond donors (Lipinski definition) is 1. The molecule has 9 nitrogen and oxygen atoms in total. The highest BCUT2D eigenvalue weighted by Crippen LogP contribution is 2.23. The van der Waals surface area contributed by atoms with Crippen LogP contribution in [0.3, 0.4) is 0 Å². The Hall–Kier alpha value is -1.91. The van der Waals surface area contributed by atoms with Gasteiger partial charge in [-0.3, -0.25) is 24.3 Å². The van der Waals surface area contributed by atoms with Crippen molar-refractivity contribution in [1.82, 2.24) is 20.2 Å². The molecule has 2 heterocycles. The highest BCUT2D eigenvalue weighted by molar-refractivity contribution is 6.42. The van der Waals surface area contributed by atoms with E-state index in [0.717, 1.165) is 31.5 Å². The van der Waals surface area contributed by atoms with E-state index in [1.807, 2.05) is 0 Å². The third-order valence-corrected chi connectivity index (χ3v) is 6.48. The molecule has 0 spiro atoms. The zero-order valence-electron chi connectivity index (χ0n) is 18.7. The van der Waals surface area contributed by atoms with Gasteiger partial charge in [0.1, 0.15) is 6.73 Å². The Morgan fingerprint density at radius 2 is 1.85 bits per heavy atom. The van der Waals surface area contributed by atoms with Crippen LogP contribution < -0.4 is 5.43 Å². The molecule has 33 heavy (non-hydrogen) atoms. The van der Waals surface area contributed by atoms with E-state index < -0.39 is 11.9 Å². The molecule has 0 saturated carbocycles. The summed E-state index contributed by atoms with van der Waals surface area (Å²) >= 11 is 12.1. The monoisotopic (exact) mass is 500 g/mol. The molecular weight excluding hydrogens is 471 g/mol. The Morgan fingerprint density at radius 1 is 1.09 bits per heavy atom. The maximum Gasteiger partial charge on any atom is 0.303 e. The highest BCUT2D eigenvalue weighted by Gasteiger charge is 2.28. The van der Waals surface area contributed by atoms with Crippen molar-refractivity contribution in [2.75, 3.05) is 52.7 Å². The first-order valence-electron chi connectivity index (χ1n) is 11.0. The third-order valence-electron chi connectivity index (χ3n) is 5.74. The standard InChI is InChI=1S/C22H30Cl2N4O5/c1-16(29)33-14-22(31)28-9-8-27(21(30)11-17-4-5-19(23)20(24)10-17)12-18(13-32-15-25-28)26-6-2-3-7-26/h4-5,10,18,25H,2-3,6-9,11-15H2,1H3/t18-/m1/s1. The molecule has 0 bridgehead atoms. The number of halogens is 2. The minimum Gasteiger partial charge on any atom is -0.456 e. The van der Waals surface area contributed by atoms with Gasteiger partial charge in [-0.25, -0.2) is 5.43 Å². The molecule has 11 heteroatoms. The predicted molar refractivity (Wildman–Crippen MR) is 124 cm³/mol. The van der Waals surface area contributed by atoms with Crippen LogP contribution in [0, 0.1) is 0 Å². The van der Waals surface area contributed by atoms with Gasteiger partial charge in [0.2, 0.25) is 5.91 Å². The molecule has 0 aliphatic carbocycles. The van der Waals surface area contributed by atoms with E-state index in [2.05, 4.69) is 10.3 Å². The van der Waals surface area contributed by atoms with Crippen LogP contribution in [0.2, 0.25) is 10.0 Å². The minimum atomic E-state index is -0.535. The van der Waals surface area contributed by atoms with Gasteiger partial charge < -0.3 is 14.4 Å². The quantitative estimate of drug-likeness (QED) is 0.615. The Bertz CT molecular complexity index is 850. The lowest BCUT2D eigenvalue weighted by Crippen LogP contribution is -2.54. The van der Waals surface area contributed by atoms with Crippen molar-refractivity contribution in [2.45, 2.75) is 32.2 Å². The van der Waals surface area contributed by atoms with Crippen LogP contribution in [0.5, 0.6) is 0 Å². The summed E-state index contributed by atoms with van der Waals surface area (Å²) in [5, 5.41) is 2.17. The largest absolute Gasteiger partial charge is 0.456 e. The summed E-state index contributed by atoms with van der Waals surface area (Å²) in [5.41, 5.74) is 3.69. The van der Waals surface area contributed by atoms with Crippen LogP contribution in [-0.2, 0) is 30.3 Å². The van der Waals surface area contributed by atoms with Crippen molar-refractivity contribution in [3.63, 3.8) is 0 Å². The second-order valence-corrected chi connectivity index (χ2v) is 8.98. The molecule has 1 atom stereocenters. The van der Waals surface area contributed by atoms with Gasteiger partial charge in [0, 0.05) is 20.0 Å². The third kappa shape index (κ3) is 7.82. The first-order valence-corrected chi connectivity index (χ1v) is 11.8. The van der Waals surface area contributed by atoms with Gasteiger partial charge in [0.15, 0.2) is 6.61 Å². The number of nitrogens with one attached hydrogen (secondary N) is 1. The fraction of sp³-hybridized carbons (Fsp3) is 0.591. The number of ether oxygens (including phenoxy) is 2. The molecule has 1 aromatic rings. The lowest BCUT2D eigenvalue weighted by atomic mass is 10.1. The van der Waals surface area contributed by atoms with Crippen LogP contribution in [-0.4, -0.2) is 91.3 Å². The summed E-state index contributed by atoms with van der Waals surface area (Å²) in [5.74, 6) is -1.03. The Kier molecular flexibility index (Phi) is 9.76. The first-order chi connectivity index (χ1) is 15.8. The minimum absolute atomic E-state index is 0.0651. The van der Waals surface area contributed by atoms with Crippen molar-refractivity contribution in [2.24, 2.45) is 0 Å². The highest BCUT2D eigenvalue weighted by atomic mass is 35.5. The van der Waals surface area contributed by atoms with Gasteiger partial charge >= 0.3 is 5.97 Å². The summed E-state index contributed by atoms with van der Waals surface area (Å²) in [6, 6.07) is 5.22. The van der Waals surface area contributed by atoms with Crippen LogP contribution >= 0.6 is 23.2 Å². The Labute approximate surface area is 203 Å². The SMILES string of the molecule is CC(=O)OCC(=O)N1CCN(C(=O)Cc2ccc(Cl)c(Cl)c2)C[C@@H](N2CCCC2)COCN1. The fourth-order valence-corrected chi connectivity index (χ4v) is 4.28. The van der Waals surface area contributed by atoms with Crippen molar-refractivity contribution in [3.8, 4) is 0 Å². The zero-order valence-corrected chi connectivity index (χ0v) is 20.2. The van der Waals surface area contributed by atoms with Crippen LogP contribution in [0.15, 0.2) is 18.2 Å². The lowest BCUT2D eigenvalue weighted by molar-refractivity contribution is -0.153. The number of hydrogen-bond acceptors (Lipinski definition) is 7. The van der Waals surface area contributed by atoms with Gasteiger partial charge in [0.25, 0.3) is 5.91 Å². The van der Waals surface area contributed by atoms with Crippen molar-refractivity contribution >= 4 is 41.0 Å². The number of hydrazine groups is 1. The Morgan fingerprint density at radius 3 is 2.55 bits per heavy atom.